The van der Waals surface area contributed by atoms with Crippen molar-refractivity contribution in [3.8, 4) is 0 Å². The summed E-state index contributed by atoms with van der Waals surface area (Å²) in [4.78, 5) is 4.78. The second-order valence-electron chi connectivity index (χ2n) is 21.0. The van der Waals surface area contributed by atoms with Crippen LogP contribution in [0.2, 0.25) is 5.02 Å². The lowest BCUT2D eigenvalue weighted by Crippen LogP contribution is -2.34. The predicted molar refractivity (Wildman–Crippen MR) is 252 cm³/mol. The van der Waals surface area contributed by atoms with Crippen LogP contribution in [-0.4, -0.2) is 0 Å². The predicted octanol–water partition coefficient (Wildman–Crippen LogP) is 17.0. The van der Waals surface area contributed by atoms with Gasteiger partial charge in [0.05, 0.1) is 22.1 Å². The van der Waals surface area contributed by atoms with Crippen molar-refractivity contribution >= 4 is 67.1 Å². The molecule has 0 spiro atoms. The molecule has 0 unspecified atom stereocenters. The van der Waals surface area contributed by atoms with E-state index in [1.54, 1.807) is 0 Å². The molecular weight excluding hydrogens is 732 g/mol. The molecule has 57 heavy (non-hydrogen) atoms. The van der Waals surface area contributed by atoms with Crippen LogP contribution in [0.4, 0.5) is 34.1 Å². The van der Waals surface area contributed by atoms with Gasteiger partial charge in [-0.05, 0) is 135 Å². The van der Waals surface area contributed by atoms with Crippen LogP contribution < -0.4 is 9.80 Å². The molecule has 0 amide bonds. The summed E-state index contributed by atoms with van der Waals surface area (Å²) in [5.74, 6) is 0. The highest BCUT2D eigenvalue weighted by Gasteiger charge is 2.38. The minimum atomic E-state index is 0.0436. The normalized spacial score (nSPS) is 15.4. The lowest BCUT2D eigenvalue weighted by molar-refractivity contribution is 0.332. The van der Waals surface area contributed by atoms with E-state index < -0.39 is 0 Å². The monoisotopic (exact) mass is 794 g/mol. The van der Waals surface area contributed by atoms with E-state index in [2.05, 4.69) is 209 Å². The third-order valence-electron chi connectivity index (χ3n) is 12.4. The average Bonchev–Trinajstić information content (AvgIpc) is 3.54. The second kappa shape index (κ2) is 14.3. The summed E-state index contributed by atoms with van der Waals surface area (Å²) in [7, 11) is 0. The summed E-state index contributed by atoms with van der Waals surface area (Å²) in [6.45, 7) is 32.3. The Bertz CT molecular complexity index is 2370. The third-order valence-corrected chi connectivity index (χ3v) is 13.7. The van der Waals surface area contributed by atoms with Gasteiger partial charge in [0.25, 0.3) is 0 Å². The number of thiophene rings is 1. The summed E-state index contributed by atoms with van der Waals surface area (Å²) < 4.78 is 1.28. The van der Waals surface area contributed by atoms with Crippen LogP contribution in [0.5, 0.6) is 0 Å². The molecule has 0 fully saturated rings. The Morgan fingerprint density at radius 1 is 0.509 bits per heavy atom. The molecule has 0 bridgehead atoms. The van der Waals surface area contributed by atoms with Gasteiger partial charge in [-0.3, -0.25) is 0 Å². The van der Waals surface area contributed by atoms with Gasteiger partial charge < -0.3 is 9.80 Å². The van der Waals surface area contributed by atoms with Gasteiger partial charge in [0.2, 0.25) is 0 Å². The molecule has 0 atom stereocenters. The number of halogens is 1. The molecule has 1 heterocycles. The zero-order valence-electron chi connectivity index (χ0n) is 36.9. The fourth-order valence-corrected chi connectivity index (χ4v) is 9.73. The van der Waals surface area contributed by atoms with Gasteiger partial charge in [0.1, 0.15) is 0 Å². The van der Waals surface area contributed by atoms with Crippen molar-refractivity contribution < 1.29 is 0 Å². The highest BCUT2D eigenvalue weighted by molar-refractivity contribution is 7.17. The number of hydrogen-bond acceptors (Lipinski definition) is 3. The standard InChI is InChI=1S/C53H63ClN2S/c1-34-29-44(55(38-20-15-35(16-21-38)49(2,3)4)39-22-17-36(18-23-39)50(5,6)7)48(54)45(30-34)56(46-33-57-47-31-37(51(8,9)10)19-25-41(46)47)40-24-26-42-43(32-40)53(13,14)28-27-52(42,11)12/h15-26,29-33H,27-28H2,1-14H3. The van der Waals surface area contributed by atoms with E-state index in [9.17, 15) is 0 Å². The summed E-state index contributed by atoms with van der Waals surface area (Å²) in [5, 5.41) is 4.28. The third kappa shape index (κ3) is 7.92. The number of nitrogens with zero attached hydrogens (tertiary/aromatic N) is 2. The minimum Gasteiger partial charge on any atom is -0.309 e. The smallest absolute Gasteiger partial charge is 0.0887 e. The number of hydrogen-bond donors (Lipinski definition) is 0. The van der Waals surface area contributed by atoms with E-state index in [1.165, 1.54) is 44.3 Å². The molecule has 0 aliphatic heterocycles. The van der Waals surface area contributed by atoms with Gasteiger partial charge in [-0.2, -0.15) is 0 Å². The zero-order valence-corrected chi connectivity index (χ0v) is 38.5. The molecule has 1 aromatic heterocycles. The van der Waals surface area contributed by atoms with Gasteiger partial charge in [-0.15, -0.1) is 11.3 Å². The Morgan fingerprint density at radius 3 is 1.47 bits per heavy atom. The maximum absolute atomic E-state index is 7.95. The first kappa shape index (κ1) is 41.1. The molecule has 0 saturated carbocycles. The SMILES string of the molecule is Cc1cc(N(c2ccc(C(C)(C)C)cc2)c2ccc(C(C)(C)C)cc2)c(Cl)c(N(c2ccc3c(c2)C(C)(C)CCC3(C)C)c2csc3cc(C(C)(C)C)ccc23)c1. The van der Waals surface area contributed by atoms with Gasteiger partial charge in [-0.25, -0.2) is 0 Å². The first-order chi connectivity index (χ1) is 26.5. The van der Waals surface area contributed by atoms with Crippen LogP contribution in [0.1, 0.15) is 136 Å². The zero-order chi connectivity index (χ0) is 41.5. The quantitative estimate of drug-likeness (QED) is 0.166. The molecule has 0 N–H and O–H groups in total. The largest absolute Gasteiger partial charge is 0.309 e. The van der Waals surface area contributed by atoms with Crippen molar-refractivity contribution in [1.29, 1.82) is 0 Å². The molecule has 298 valence electrons. The van der Waals surface area contributed by atoms with Crippen LogP contribution in [0.15, 0.2) is 102 Å². The molecule has 0 radical (unpaired) electrons. The summed E-state index contributed by atoms with van der Waals surface area (Å²) in [6, 6.07) is 36.8. The van der Waals surface area contributed by atoms with Crippen LogP contribution in [0.25, 0.3) is 10.1 Å². The number of rotatable bonds is 6. The molecule has 0 saturated heterocycles. The van der Waals surface area contributed by atoms with Gasteiger partial charge >= 0.3 is 0 Å². The van der Waals surface area contributed by atoms with Crippen molar-refractivity contribution in [2.45, 2.75) is 137 Å². The average molecular weight is 796 g/mol. The van der Waals surface area contributed by atoms with Gasteiger partial charge in [0.15, 0.2) is 0 Å². The van der Waals surface area contributed by atoms with Crippen molar-refractivity contribution in [3.05, 3.63) is 141 Å². The molecule has 7 rings (SSSR count). The Labute approximate surface area is 352 Å². The summed E-state index contributed by atoms with van der Waals surface area (Å²) >= 11 is 9.76. The molecular formula is C53H63ClN2S. The van der Waals surface area contributed by atoms with E-state index >= 15 is 0 Å². The van der Waals surface area contributed by atoms with Gasteiger partial charge in [-0.1, -0.05) is 144 Å². The van der Waals surface area contributed by atoms with Gasteiger partial charge in [0, 0.05) is 32.5 Å². The summed E-state index contributed by atoms with van der Waals surface area (Å²) in [5.41, 5.74) is 14.6. The fraction of sp³-hybridized carbons (Fsp3) is 0.396. The number of aryl methyl sites for hydroxylation is 1. The lowest BCUT2D eigenvalue weighted by atomic mass is 9.63. The van der Waals surface area contributed by atoms with E-state index in [4.69, 9.17) is 11.6 Å². The molecule has 1 aliphatic rings. The van der Waals surface area contributed by atoms with Crippen LogP contribution in [-0.2, 0) is 27.1 Å². The first-order valence-corrected chi connectivity index (χ1v) is 22.0. The minimum absolute atomic E-state index is 0.0436. The van der Waals surface area contributed by atoms with Crippen molar-refractivity contribution in [2.24, 2.45) is 0 Å². The van der Waals surface area contributed by atoms with E-state index in [0.29, 0.717) is 5.02 Å². The maximum atomic E-state index is 7.95. The van der Waals surface area contributed by atoms with Crippen molar-refractivity contribution in [2.75, 3.05) is 9.80 Å². The number of benzene rings is 5. The number of anilines is 6. The van der Waals surface area contributed by atoms with Crippen LogP contribution in [0.3, 0.4) is 0 Å². The van der Waals surface area contributed by atoms with Crippen LogP contribution in [0, 0.1) is 6.92 Å². The molecule has 5 aromatic carbocycles. The number of fused-ring (bicyclic) bond motifs is 2. The highest BCUT2D eigenvalue weighted by Crippen LogP contribution is 2.53. The molecule has 4 heteroatoms. The molecule has 6 aromatic rings. The Morgan fingerprint density at radius 2 is 0.965 bits per heavy atom. The highest BCUT2D eigenvalue weighted by atomic mass is 35.5. The Kier molecular flexibility index (Phi) is 10.4. The fourth-order valence-electron chi connectivity index (χ4n) is 8.48. The lowest BCUT2D eigenvalue weighted by Gasteiger charge is -2.42. The Balaban J connectivity index is 1.49. The Hall–Kier alpha value is -4.05. The van der Waals surface area contributed by atoms with E-state index in [1.807, 2.05) is 11.3 Å². The van der Waals surface area contributed by atoms with Crippen molar-refractivity contribution in [3.63, 3.8) is 0 Å². The molecule has 1 aliphatic carbocycles. The van der Waals surface area contributed by atoms with E-state index in [-0.39, 0.29) is 27.1 Å². The first-order valence-electron chi connectivity index (χ1n) is 20.7. The topological polar surface area (TPSA) is 6.48 Å². The summed E-state index contributed by atoms with van der Waals surface area (Å²) in [6.07, 6.45) is 2.33. The maximum Gasteiger partial charge on any atom is 0.0887 e. The molecule has 2 nitrogen and oxygen atoms in total. The second-order valence-corrected chi connectivity index (χ2v) is 22.3. The van der Waals surface area contributed by atoms with Crippen molar-refractivity contribution in [1.82, 2.24) is 0 Å². The van der Waals surface area contributed by atoms with E-state index in [0.717, 1.165) is 46.1 Å². The van der Waals surface area contributed by atoms with Crippen LogP contribution >= 0.6 is 22.9 Å².